The average Bonchev–Trinajstić information content (AvgIpc) is 3.08. The maximum absolute atomic E-state index is 13.8. The number of thiophene rings is 1. The highest BCUT2D eigenvalue weighted by atomic mass is 32.1. The molecule has 5 nitrogen and oxygen atoms in total. The number of hydrogen-bond acceptors (Lipinski definition) is 6. The molecule has 1 aromatic carbocycles. The molecule has 8 heteroatoms. The summed E-state index contributed by atoms with van der Waals surface area (Å²) in [7, 11) is 2.05. The molecule has 4 rings (SSSR count). The van der Waals surface area contributed by atoms with Crippen LogP contribution < -0.4 is 11.1 Å². The number of anilines is 2. The predicted octanol–water partition coefficient (Wildman–Crippen LogP) is 3.33. The molecule has 3 aromatic rings. The Morgan fingerprint density at radius 2 is 2.25 bits per heavy atom. The van der Waals surface area contributed by atoms with E-state index in [1.165, 1.54) is 28.7 Å². The highest BCUT2D eigenvalue weighted by molar-refractivity contribution is 7.23. The van der Waals surface area contributed by atoms with Gasteiger partial charge in [0.2, 0.25) is 0 Å². The van der Waals surface area contributed by atoms with E-state index in [9.17, 15) is 9.18 Å². The van der Waals surface area contributed by atoms with Crippen LogP contribution >= 0.6 is 22.7 Å². The fourth-order valence-corrected chi connectivity index (χ4v) is 5.23. The molecule has 1 amide bonds. The summed E-state index contributed by atoms with van der Waals surface area (Å²) in [5, 5.41) is 4.44. The quantitative estimate of drug-likeness (QED) is 0.750. The largest absolute Gasteiger partial charge is 0.365 e. The number of likely N-dealkylation sites (N-methyl/N-ethyl adjacent to an activating group) is 1. The van der Waals surface area contributed by atoms with Crippen molar-refractivity contribution in [2.75, 3.05) is 18.9 Å². The van der Waals surface area contributed by atoms with E-state index in [0.29, 0.717) is 21.2 Å². The summed E-state index contributed by atoms with van der Waals surface area (Å²) in [6.07, 6.45) is 0.802. The molecule has 0 radical (unpaired) electrons. The Morgan fingerprint density at radius 3 is 3.00 bits per heavy atom. The van der Waals surface area contributed by atoms with Crippen molar-refractivity contribution in [2.24, 2.45) is 5.73 Å². The molecule has 3 N–H and O–H groups in total. The summed E-state index contributed by atoms with van der Waals surface area (Å²) < 4.78 is 14.6. The zero-order valence-corrected chi connectivity index (χ0v) is 14.6. The molecule has 2 aromatic heterocycles. The first-order valence-electron chi connectivity index (χ1n) is 7.48. The first kappa shape index (κ1) is 15.5. The summed E-state index contributed by atoms with van der Waals surface area (Å²) in [6, 6.07) is 4.87. The molecule has 0 saturated carbocycles. The van der Waals surface area contributed by atoms with E-state index >= 15 is 0 Å². The van der Waals surface area contributed by atoms with Gasteiger partial charge in [-0.15, -0.1) is 11.3 Å². The second-order valence-corrected chi connectivity index (χ2v) is 7.93. The fourth-order valence-electron chi connectivity index (χ4n) is 2.95. The lowest BCUT2D eigenvalue weighted by molar-refractivity contribution is 0.1000. The number of nitrogens with zero attached hydrogens (tertiary/aromatic N) is 2. The van der Waals surface area contributed by atoms with Crippen molar-refractivity contribution < 1.29 is 9.18 Å². The van der Waals surface area contributed by atoms with Crippen LogP contribution in [0.5, 0.6) is 0 Å². The Labute approximate surface area is 145 Å². The summed E-state index contributed by atoms with van der Waals surface area (Å²) in [6.45, 7) is 1.70. The van der Waals surface area contributed by atoms with Crippen LogP contribution in [0.1, 0.15) is 20.8 Å². The molecule has 0 atom stereocenters. The molecule has 0 unspecified atom stereocenters. The first-order chi connectivity index (χ1) is 11.5. The third-order valence-corrected chi connectivity index (χ3v) is 6.15. The van der Waals surface area contributed by atoms with Gasteiger partial charge in [-0.3, -0.25) is 4.79 Å². The van der Waals surface area contributed by atoms with Gasteiger partial charge in [0.05, 0.1) is 10.3 Å². The molecule has 0 aliphatic carbocycles. The van der Waals surface area contributed by atoms with Crippen LogP contribution in [-0.2, 0) is 13.0 Å². The van der Waals surface area contributed by atoms with E-state index in [2.05, 4.69) is 22.2 Å². The number of fused-ring (bicyclic) bond motifs is 2. The minimum absolute atomic E-state index is 0.340. The van der Waals surface area contributed by atoms with E-state index in [-0.39, 0.29) is 5.82 Å². The normalized spacial score (nSPS) is 14.8. The SMILES string of the molecule is CN1CCc2c(sc(Nc3nc4c(F)cccc4s3)c2C(N)=O)C1. The Morgan fingerprint density at radius 1 is 1.42 bits per heavy atom. The summed E-state index contributed by atoms with van der Waals surface area (Å²) >= 11 is 2.88. The molecule has 0 bridgehead atoms. The van der Waals surface area contributed by atoms with Gasteiger partial charge in [-0.25, -0.2) is 9.37 Å². The van der Waals surface area contributed by atoms with Crippen molar-refractivity contribution in [3.8, 4) is 0 Å². The highest BCUT2D eigenvalue weighted by Gasteiger charge is 2.26. The maximum Gasteiger partial charge on any atom is 0.251 e. The van der Waals surface area contributed by atoms with Gasteiger partial charge in [-0.1, -0.05) is 17.4 Å². The van der Waals surface area contributed by atoms with Crippen molar-refractivity contribution in [1.29, 1.82) is 0 Å². The van der Waals surface area contributed by atoms with Gasteiger partial charge >= 0.3 is 0 Å². The summed E-state index contributed by atoms with van der Waals surface area (Å²) in [4.78, 5) is 19.6. The number of amides is 1. The topological polar surface area (TPSA) is 71.2 Å². The molecular weight excluding hydrogens is 347 g/mol. The van der Waals surface area contributed by atoms with Gasteiger partial charge < -0.3 is 16.0 Å². The lowest BCUT2D eigenvalue weighted by Gasteiger charge is -2.22. The van der Waals surface area contributed by atoms with Crippen molar-refractivity contribution in [3.05, 3.63) is 40.0 Å². The van der Waals surface area contributed by atoms with E-state index < -0.39 is 5.91 Å². The van der Waals surface area contributed by atoms with Gasteiger partial charge in [-0.05, 0) is 31.2 Å². The third-order valence-electron chi connectivity index (χ3n) is 4.08. The van der Waals surface area contributed by atoms with Gasteiger partial charge in [0.25, 0.3) is 5.91 Å². The van der Waals surface area contributed by atoms with E-state index in [4.69, 9.17) is 5.73 Å². The Kier molecular flexibility index (Phi) is 3.75. The number of nitrogens with two attached hydrogens (primary N) is 1. The molecule has 0 fully saturated rings. The molecule has 0 spiro atoms. The minimum atomic E-state index is -0.438. The van der Waals surface area contributed by atoms with Crippen molar-refractivity contribution in [2.45, 2.75) is 13.0 Å². The van der Waals surface area contributed by atoms with E-state index in [1.54, 1.807) is 6.07 Å². The van der Waals surface area contributed by atoms with Crippen LogP contribution in [0.15, 0.2) is 18.2 Å². The van der Waals surface area contributed by atoms with Crippen molar-refractivity contribution >= 4 is 48.9 Å². The summed E-state index contributed by atoms with van der Waals surface area (Å²) in [5.41, 5.74) is 7.52. The Hall–Kier alpha value is -2.03. The van der Waals surface area contributed by atoms with Crippen LogP contribution in [0.2, 0.25) is 0 Å². The second-order valence-electron chi connectivity index (χ2n) is 5.79. The monoisotopic (exact) mass is 362 g/mol. The molecule has 1 aliphatic heterocycles. The number of nitrogens with one attached hydrogen (secondary N) is 1. The van der Waals surface area contributed by atoms with Crippen LogP contribution in [0.4, 0.5) is 14.5 Å². The standard InChI is InChI=1S/C16H15FN4OS2/c1-21-6-5-8-11(7-21)23-15(12(8)14(18)22)20-16-19-13-9(17)3-2-4-10(13)24-16/h2-4H,5-7H2,1H3,(H2,18,22)(H,19,20). The van der Waals surface area contributed by atoms with Crippen LogP contribution in [0.3, 0.4) is 0 Å². The number of benzene rings is 1. The van der Waals surface area contributed by atoms with Gasteiger partial charge in [0.15, 0.2) is 5.13 Å². The smallest absolute Gasteiger partial charge is 0.251 e. The lowest BCUT2D eigenvalue weighted by atomic mass is 10.0. The molecular formula is C16H15FN4OS2. The highest BCUT2D eigenvalue weighted by Crippen LogP contribution is 2.39. The van der Waals surface area contributed by atoms with Crippen molar-refractivity contribution in [1.82, 2.24) is 9.88 Å². The van der Waals surface area contributed by atoms with Gasteiger partial charge in [-0.2, -0.15) is 0 Å². The number of aromatic nitrogens is 1. The molecule has 24 heavy (non-hydrogen) atoms. The van der Waals surface area contributed by atoms with Crippen LogP contribution in [-0.4, -0.2) is 29.4 Å². The maximum atomic E-state index is 13.8. The second kappa shape index (κ2) is 5.80. The first-order valence-corrected chi connectivity index (χ1v) is 9.11. The number of thiazole rings is 1. The minimum Gasteiger partial charge on any atom is -0.365 e. The van der Waals surface area contributed by atoms with Crippen LogP contribution in [0, 0.1) is 5.82 Å². The molecule has 1 aliphatic rings. The molecule has 124 valence electrons. The number of carbonyl (C=O) groups is 1. The molecule has 0 saturated heterocycles. The number of primary amides is 1. The van der Waals surface area contributed by atoms with E-state index in [0.717, 1.165) is 34.7 Å². The van der Waals surface area contributed by atoms with Crippen molar-refractivity contribution in [3.63, 3.8) is 0 Å². The average molecular weight is 362 g/mol. The third kappa shape index (κ3) is 2.56. The van der Waals surface area contributed by atoms with Gasteiger partial charge in [0.1, 0.15) is 16.3 Å². The molecule has 3 heterocycles. The zero-order valence-electron chi connectivity index (χ0n) is 12.9. The Balaban J connectivity index is 1.75. The fraction of sp³-hybridized carbons (Fsp3) is 0.250. The predicted molar refractivity (Wildman–Crippen MR) is 95.7 cm³/mol. The number of carbonyl (C=O) groups excluding carboxylic acids is 1. The van der Waals surface area contributed by atoms with Crippen LogP contribution in [0.25, 0.3) is 10.2 Å². The van der Waals surface area contributed by atoms with Gasteiger partial charge in [0, 0.05) is 18.0 Å². The number of para-hydroxylation sites is 1. The number of hydrogen-bond donors (Lipinski definition) is 2. The Bertz CT molecular complexity index is 949. The number of rotatable bonds is 3. The van der Waals surface area contributed by atoms with E-state index in [1.807, 2.05) is 6.07 Å². The zero-order chi connectivity index (χ0) is 16.8. The summed E-state index contributed by atoms with van der Waals surface area (Å²) in [5.74, 6) is -0.786. The lowest BCUT2D eigenvalue weighted by Crippen LogP contribution is -2.27. The number of halogens is 1.